The SMILES string of the molecule is CNc1nc(C2CCCN2C(C)=O)nc2c1CN(S(=O)(=O)c1ccc(OC)cc1)CC2. The number of ether oxygens (including phenoxy) is 1. The van der Waals surface area contributed by atoms with E-state index in [0.29, 0.717) is 36.9 Å². The fourth-order valence-corrected chi connectivity index (χ4v) is 5.69. The van der Waals surface area contributed by atoms with Crippen molar-refractivity contribution in [3.63, 3.8) is 0 Å². The van der Waals surface area contributed by atoms with Crippen LogP contribution in [-0.4, -0.2) is 60.7 Å². The number of hydrogen-bond acceptors (Lipinski definition) is 7. The van der Waals surface area contributed by atoms with Gasteiger partial charge in [0.05, 0.1) is 23.7 Å². The summed E-state index contributed by atoms with van der Waals surface area (Å²) in [6.45, 7) is 2.81. The van der Waals surface area contributed by atoms with Crippen molar-refractivity contribution in [2.24, 2.45) is 0 Å². The molecule has 31 heavy (non-hydrogen) atoms. The highest BCUT2D eigenvalue weighted by Crippen LogP contribution is 2.34. The van der Waals surface area contributed by atoms with E-state index in [9.17, 15) is 13.2 Å². The zero-order chi connectivity index (χ0) is 22.2. The first-order chi connectivity index (χ1) is 14.8. The lowest BCUT2D eigenvalue weighted by Gasteiger charge is -2.30. The van der Waals surface area contributed by atoms with Gasteiger partial charge in [0.2, 0.25) is 15.9 Å². The molecule has 9 nitrogen and oxygen atoms in total. The van der Waals surface area contributed by atoms with Gasteiger partial charge in [-0.1, -0.05) is 0 Å². The van der Waals surface area contributed by atoms with E-state index in [1.165, 1.54) is 4.31 Å². The molecule has 2 aliphatic heterocycles. The molecular formula is C21H27N5O4S. The maximum Gasteiger partial charge on any atom is 0.243 e. The van der Waals surface area contributed by atoms with Crippen molar-refractivity contribution in [1.29, 1.82) is 0 Å². The first-order valence-electron chi connectivity index (χ1n) is 10.3. The van der Waals surface area contributed by atoms with Crippen LogP contribution in [-0.2, 0) is 27.8 Å². The van der Waals surface area contributed by atoms with Crippen molar-refractivity contribution in [2.45, 2.75) is 43.7 Å². The predicted molar refractivity (Wildman–Crippen MR) is 115 cm³/mol. The number of nitrogens with one attached hydrogen (secondary N) is 1. The van der Waals surface area contributed by atoms with Gasteiger partial charge in [0.15, 0.2) is 5.82 Å². The zero-order valence-corrected chi connectivity index (χ0v) is 18.8. The molecule has 1 saturated heterocycles. The molecule has 10 heteroatoms. The van der Waals surface area contributed by atoms with Gasteiger partial charge in [-0.15, -0.1) is 0 Å². The van der Waals surface area contributed by atoms with Crippen molar-refractivity contribution in [2.75, 3.05) is 32.6 Å². The summed E-state index contributed by atoms with van der Waals surface area (Å²) in [7, 11) is -0.353. The van der Waals surface area contributed by atoms with Crippen LogP contribution in [0.4, 0.5) is 5.82 Å². The average Bonchev–Trinajstić information content (AvgIpc) is 3.28. The minimum Gasteiger partial charge on any atom is -0.497 e. The van der Waals surface area contributed by atoms with Crippen molar-refractivity contribution in [1.82, 2.24) is 19.2 Å². The van der Waals surface area contributed by atoms with Crippen molar-refractivity contribution >= 4 is 21.7 Å². The van der Waals surface area contributed by atoms with Gasteiger partial charge in [0.1, 0.15) is 11.6 Å². The molecule has 1 amide bonds. The predicted octanol–water partition coefficient (Wildman–Crippen LogP) is 1.96. The number of benzene rings is 1. The summed E-state index contributed by atoms with van der Waals surface area (Å²) in [4.78, 5) is 23.5. The second kappa shape index (κ2) is 8.43. The van der Waals surface area contributed by atoms with Gasteiger partial charge < -0.3 is 15.0 Å². The Bertz CT molecular complexity index is 1070. The third kappa shape index (κ3) is 3.97. The Morgan fingerprint density at radius 2 is 1.94 bits per heavy atom. The zero-order valence-electron chi connectivity index (χ0n) is 18.0. The minimum atomic E-state index is -3.66. The second-order valence-electron chi connectivity index (χ2n) is 7.74. The van der Waals surface area contributed by atoms with E-state index in [0.717, 1.165) is 24.1 Å². The molecule has 1 atom stereocenters. The molecule has 3 heterocycles. The second-order valence-corrected chi connectivity index (χ2v) is 9.68. The Kier molecular flexibility index (Phi) is 5.85. The molecule has 0 radical (unpaired) electrons. The molecule has 0 saturated carbocycles. The topological polar surface area (TPSA) is 105 Å². The summed E-state index contributed by atoms with van der Waals surface area (Å²) in [5.74, 6) is 1.87. The van der Waals surface area contributed by atoms with Crippen LogP contribution in [0.3, 0.4) is 0 Å². The van der Waals surface area contributed by atoms with Gasteiger partial charge in [-0.2, -0.15) is 4.31 Å². The lowest BCUT2D eigenvalue weighted by molar-refractivity contribution is -0.129. The van der Waals surface area contributed by atoms with Crippen LogP contribution in [0.15, 0.2) is 29.2 Å². The number of nitrogens with zero attached hydrogens (tertiary/aromatic N) is 4. The summed E-state index contributed by atoms with van der Waals surface area (Å²) < 4.78 is 32.9. The number of aromatic nitrogens is 2. The van der Waals surface area contributed by atoms with E-state index >= 15 is 0 Å². The number of anilines is 1. The number of methoxy groups -OCH3 is 1. The Balaban J connectivity index is 1.64. The molecule has 2 aromatic rings. The fraction of sp³-hybridized carbons (Fsp3) is 0.476. The third-order valence-corrected chi connectivity index (χ3v) is 7.79. The molecule has 1 aromatic carbocycles. The smallest absolute Gasteiger partial charge is 0.243 e. The van der Waals surface area contributed by atoms with Crippen LogP contribution in [0, 0.1) is 0 Å². The van der Waals surface area contributed by atoms with E-state index in [4.69, 9.17) is 9.72 Å². The summed E-state index contributed by atoms with van der Waals surface area (Å²) >= 11 is 0. The van der Waals surface area contributed by atoms with E-state index in [2.05, 4.69) is 10.3 Å². The van der Waals surface area contributed by atoms with Gasteiger partial charge in [0.25, 0.3) is 0 Å². The van der Waals surface area contributed by atoms with E-state index in [-0.39, 0.29) is 23.4 Å². The Morgan fingerprint density at radius 3 is 2.58 bits per heavy atom. The third-order valence-electron chi connectivity index (χ3n) is 5.93. The van der Waals surface area contributed by atoms with Crippen molar-refractivity contribution in [3.05, 3.63) is 41.3 Å². The maximum absolute atomic E-state index is 13.2. The summed E-state index contributed by atoms with van der Waals surface area (Å²) in [5.41, 5.74) is 1.62. The Labute approximate surface area is 182 Å². The van der Waals surface area contributed by atoms with Gasteiger partial charge in [0, 0.05) is 45.6 Å². The van der Waals surface area contributed by atoms with Crippen molar-refractivity contribution < 1.29 is 17.9 Å². The summed E-state index contributed by atoms with van der Waals surface area (Å²) in [6, 6.07) is 6.26. The Hall–Kier alpha value is -2.72. The number of amides is 1. The van der Waals surface area contributed by atoms with Crippen LogP contribution >= 0.6 is 0 Å². The number of rotatable bonds is 5. The molecule has 166 valence electrons. The van der Waals surface area contributed by atoms with E-state index in [1.54, 1.807) is 45.3 Å². The highest BCUT2D eigenvalue weighted by Gasteiger charge is 2.34. The van der Waals surface area contributed by atoms with Crippen LogP contribution < -0.4 is 10.1 Å². The molecule has 1 aromatic heterocycles. The first kappa shape index (κ1) is 21.5. The van der Waals surface area contributed by atoms with Gasteiger partial charge in [-0.3, -0.25) is 4.79 Å². The molecule has 1 fully saturated rings. The highest BCUT2D eigenvalue weighted by molar-refractivity contribution is 7.89. The highest BCUT2D eigenvalue weighted by atomic mass is 32.2. The number of carbonyl (C=O) groups excluding carboxylic acids is 1. The molecular weight excluding hydrogens is 418 g/mol. The molecule has 0 aliphatic carbocycles. The lowest BCUT2D eigenvalue weighted by Crippen LogP contribution is -2.37. The molecule has 1 unspecified atom stereocenters. The summed E-state index contributed by atoms with van der Waals surface area (Å²) in [5, 5.41) is 3.10. The van der Waals surface area contributed by atoms with Crippen LogP contribution in [0.5, 0.6) is 5.75 Å². The number of sulfonamides is 1. The fourth-order valence-electron chi connectivity index (χ4n) is 4.28. The molecule has 1 N–H and O–H groups in total. The quantitative estimate of drug-likeness (QED) is 0.750. The van der Waals surface area contributed by atoms with Crippen LogP contribution in [0.2, 0.25) is 0 Å². The van der Waals surface area contributed by atoms with Gasteiger partial charge in [-0.05, 0) is 37.1 Å². The Morgan fingerprint density at radius 1 is 1.19 bits per heavy atom. The molecule has 0 bridgehead atoms. The molecule has 2 aliphatic rings. The number of hydrogen-bond donors (Lipinski definition) is 1. The lowest BCUT2D eigenvalue weighted by atomic mass is 10.1. The van der Waals surface area contributed by atoms with Crippen molar-refractivity contribution in [3.8, 4) is 5.75 Å². The summed E-state index contributed by atoms with van der Waals surface area (Å²) in [6.07, 6.45) is 2.24. The molecule has 0 spiro atoms. The van der Waals surface area contributed by atoms with E-state index in [1.807, 2.05) is 4.90 Å². The number of carbonyl (C=O) groups is 1. The number of fused-ring (bicyclic) bond motifs is 1. The van der Waals surface area contributed by atoms with Gasteiger partial charge >= 0.3 is 0 Å². The standard InChI is InChI=1S/C21H27N5O4S/c1-14(27)26-11-4-5-19(26)21-23-18-10-12-25(13-17(18)20(22-2)24-21)31(28,29)16-8-6-15(30-3)7-9-16/h6-9,19H,4-5,10-13H2,1-3H3,(H,22,23,24). The minimum absolute atomic E-state index is 0.0200. The number of likely N-dealkylation sites (tertiary alicyclic amines) is 1. The molecule has 4 rings (SSSR count). The first-order valence-corrected chi connectivity index (χ1v) is 11.8. The van der Waals surface area contributed by atoms with Gasteiger partial charge in [-0.25, -0.2) is 18.4 Å². The van der Waals surface area contributed by atoms with E-state index < -0.39 is 10.0 Å². The average molecular weight is 446 g/mol. The largest absolute Gasteiger partial charge is 0.497 e. The van der Waals surface area contributed by atoms with Crippen LogP contribution in [0.1, 0.15) is 42.9 Å². The monoisotopic (exact) mass is 445 g/mol. The maximum atomic E-state index is 13.2. The van der Waals surface area contributed by atoms with Crippen LogP contribution in [0.25, 0.3) is 0 Å². The normalized spacial score (nSPS) is 19.2.